The Morgan fingerprint density at radius 3 is 1.34 bits per heavy atom. The Balaban J connectivity index is 1.08. The van der Waals surface area contributed by atoms with Crippen molar-refractivity contribution in [2.24, 2.45) is 0 Å². The Kier molecular flexibility index (Phi) is 6.60. The van der Waals surface area contributed by atoms with Crippen LogP contribution in [0, 0.1) is 0 Å². The van der Waals surface area contributed by atoms with E-state index in [9.17, 15) is 0 Å². The monoisotopic (exact) mass is 632 g/mol. The van der Waals surface area contributed by atoms with Gasteiger partial charge in [0.1, 0.15) is 0 Å². The second-order valence-corrected chi connectivity index (χ2v) is 13.3. The van der Waals surface area contributed by atoms with Crippen LogP contribution in [-0.2, 0) is 0 Å². The Hall–Kier alpha value is -6.50. The van der Waals surface area contributed by atoms with E-state index in [0.717, 1.165) is 0 Å². The zero-order valence-electron chi connectivity index (χ0n) is 27.5. The van der Waals surface area contributed by atoms with Gasteiger partial charge in [0.25, 0.3) is 0 Å². The Morgan fingerprint density at radius 1 is 0.180 bits per heavy atom. The lowest BCUT2D eigenvalue weighted by molar-refractivity contribution is 1.62. The molecule has 0 unspecified atom stereocenters. The molecule has 0 heteroatoms. The van der Waals surface area contributed by atoms with Crippen molar-refractivity contribution in [2.75, 3.05) is 0 Å². The molecule has 0 aliphatic carbocycles. The number of hydrogen-bond donors (Lipinski definition) is 0. The molecule has 10 aromatic rings. The summed E-state index contributed by atoms with van der Waals surface area (Å²) in [5.74, 6) is 0. The summed E-state index contributed by atoms with van der Waals surface area (Å²) >= 11 is 0. The van der Waals surface area contributed by atoms with Gasteiger partial charge in [0.15, 0.2) is 0 Å². The molecule has 0 fully saturated rings. The van der Waals surface area contributed by atoms with Crippen molar-refractivity contribution in [3.63, 3.8) is 0 Å². The second kappa shape index (κ2) is 11.6. The van der Waals surface area contributed by atoms with E-state index in [4.69, 9.17) is 0 Å². The molecule has 0 bridgehead atoms. The highest BCUT2D eigenvalue weighted by Gasteiger charge is 2.14. The van der Waals surface area contributed by atoms with E-state index in [1.807, 2.05) is 0 Å². The fraction of sp³-hybridized carbons (Fsp3) is 0. The van der Waals surface area contributed by atoms with Crippen LogP contribution >= 0.6 is 0 Å². The molecule has 10 aromatic carbocycles. The minimum Gasteiger partial charge on any atom is -0.0622 e. The van der Waals surface area contributed by atoms with Crippen LogP contribution in [0.1, 0.15) is 0 Å². The quantitative estimate of drug-likeness (QED) is 0.169. The molecule has 50 heavy (non-hydrogen) atoms. The summed E-state index contributed by atoms with van der Waals surface area (Å²) < 4.78 is 0. The van der Waals surface area contributed by atoms with E-state index in [1.54, 1.807) is 0 Å². The van der Waals surface area contributed by atoms with Gasteiger partial charge in [0.2, 0.25) is 0 Å². The normalized spacial score (nSPS) is 11.6. The summed E-state index contributed by atoms with van der Waals surface area (Å²) in [6.45, 7) is 0. The lowest BCUT2D eigenvalue weighted by Gasteiger charge is -2.15. The van der Waals surface area contributed by atoms with Crippen molar-refractivity contribution in [1.82, 2.24) is 0 Å². The van der Waals surface area contributed by atoms with Gasteiger partial charge in [0.05, 0.1) is 0 Å². The summed E-state index contributed by atoms with van der Waals surface area (Å²) in [5.41, 5.74) is 10.0. The van der Waals surface area contributed by atoms with Crippen LogP contribution in [0.5, 0.6) is 0 Å². The number of benzene rings is 10. The highest BCUT2D eigenvalue weighted by atomic mass is 14.2. The van der Waals surface area contributed by atoms with Crippen LogP contribution in [0.4, 0.5) is 0 Å². The fourth-order valence-corrected chi connectivity index (χ4v) is 7.99. The molecule has 0 N–H and O–H groups in total. The van der Waals surface area contributed by atoms with Gasteiger partial charge in [-0.05, 0) is 123 Å². The molecule has 0 amide bonds. The largest absolute Gasteiger partial charge is 0.0622 e. The maximum atomic E-state index is 2.36. The standard InChI is InChI=1S/C50H32/c1-2-11-34(12-3-1)49-31-35-14-4-5-15-36(35)32-50(49)40-24-26-43-38(30-40)22-21-37-29-39(23-25-42(37)43)44-27-28-48(47-19-9-8-18-45(44)47)46-20-10-16-33-13-6-7-17-41(33)46/h1-32H. The molecule has 0 nitrogen and oxygen atoms in total. The minimum absolute atomic E-state index is 1.23. The van der Waals surface area contributed by atoms with Gasteiger partial charge in [-0.2, -0.15) is 0 Å². The third-order valence-electron chi connectivity index (χ3n) is 10.4. The van der Waals surface area contributed by atoms with E-state index in [2.05, 4.69) is 194 Å². The van der Waals surface area contributed by atoms with E-state index in [1.165, 1.54) is 98.4 Å². The van der Waals surface area contributed by atoms with Gasteiger partial charge < -0.3 is 0 Å². The van der Waals surface area contributed by atoms with Crippen LogP contribution in [0.2, 0.25) is 0 Å². The molecule has 0 heterocycles. The highest BCUT2D eigenvalue weighted by Crippen LogP contribution is 2.41. The molecule has 0 aromatic heterocycles. The molecule has 232 valence electrons. The molecular weight excluding hydrogens is 601 g/mol. The third kappa shape index (κ3) is 4.69. The molecular formula is C50H32. The number of hydrogen-bond acceptors (Lipinski definition) is 0. The number of rotatable bonds is 4. The SMILES string of the molecule is c1ccc(-c2cc3ccccc3cc2-c2ccc3c(ccc4cc(-c5ccc(-c6cccc7ccccc67)c6ccccc56)ccc43)c2)cc1. The van der Waals surface area contributed by atoms with E-state index >= 15 is 0 Å². The number of fused-ring (bicyclic) bond motifs is 6. The molecule has 0 saturated carbocycles. The summed E-state index contributed by atoms with van der Waals surface area (Å²) in [6, 6.07) is 71.3. The van der Waals surface area contributed by atoms with Crippen molar-refractivity contribution < 1.29 is 0 Å². The van der Waals surface area contributed by atoms with Crippen LogP contribution in [0.3, 0.4) is 0 Å². The van der Waals surface area contributed by atoms with Gasteiger partial charge in [-0.3, -0.25) is 0 Å². The molecule has 0 aliphatic heterocycles. The van der Waals surface area contributed by atoms with Crippen molar-refractivity contribution in [2.45, 2.75) is 0 Å². The molecule has 0 radical (unpaired) electrons. The van der Waals surface area contributed by atoms with E-state index < -0.39 is 0 Å². The summed E-state index contributed by atoms with van der Waals surface area (Å²) in [4.78, 5) is 0. The zero-order chi connectivity index (χ0) is 33.0. The lowest BCUT2D eigenvalue weighted by atomic mass is 9.88. The van der Waals surface area contributed by atoms with Gasteiger partial charge in [-0.15, -0.1) is 0 Å². The lowest BCUT2D eigenvalue weighted by Crippen LogP contribution is -1.89. The van der Waals surface area contributed by atoms with Crippen LogP contribution in [-0.4, -0.2) is 0 Å². The maximum absolute atomic E-state index is 2.36. The molecule has 0 spiro atoms. The van der Waals surface area contributed by atoms with Gasteiger partial charge >= 0.3 is 0 Å². The Morgan fingerprint density at radius 2 is 0.660 bits per heavy atom. The van der Waals surface area contributed by atoms with Gasteiger partial charge in [0, 0.05) is 0 Å². The van der Waals surface area contributed by atoms with Gasteiger partial charge in [-0.25, -0.2) is 0 Å². The van der Waals surface area contributed by atoms with Crippen molar-refractivity contribution in [3.05, 3.63) is 194 Å². The van der Waals surface area contributed by atoms with Crippen molar-refractivity contribution >= 4 is 53.9 Å². The fourth-order valence-electron chi connectivity index (χ4n) is 7.99. The summed E-state index contributed by atoms with van der Waals surface area (Å²) in [7, 11) is 0. The summed E-state index contributed by atoms with van der Waals surface area (Å²) in [6.07, 6.45) is 0. The predicted octanol–water partition coefficient (Wildman–Crippen LogP) is 14.1. The first kappa shape index (κ1) is 28.5. The first-order chi connectivity index (χ1) is 24.8. The average molecular weight is 633 g/mol. The Labute approximate surface area is 291 Å². The van der Waals surface area contributed by atoms with E-state index in [-0.39, 0.29) is 0 Å². The highest BCUT2D eigenvalue weighted by molar-refractivity contribution is 6.13. The van der Waals surface area contributed by atoms with Crippen LogP contribution in [0.25, 0.3) is 98.4 Å². The molecule has 0 atom stereocenters. The molecule has 0 saturated heterocycles. The topological polar surface area (TPSA) is 0 Å². The van der Waals surface area contributed by atoms with Crippen LogP contribution < -0.4 is 0 Å². The average Bonchev–Trinajstić information content (AvgIpc) is 3.19. The first-order valence-electron chi connectivity index (χ1n) is 17.3. The smallest absolute Gasteiger partial charge is 0.00987 e. The van der Waals surface area contributed by atoms with E-state index in [0.29, 0.717) is 0 Å². The summed E-state index contributed by atoms with van der Waals surface area (Å²) in [5, 5.41) is 12.7. The zero-order valence-corrected chi connectivity index (χ0v) is 27.5. The van der Waals surface area contributed by atoms with Crippen LogP contribution in [0.15, 0.2) is 194 Å². The molecule has 0 aliphatic rings. The third-order valence-corrected chi connectivity index (χ3v) is 10.4. The maximum Gasteiger partial charge on any atom is -0.00987 e. The second-order valence-electron chi connectivity index (χ2n) is 13.3. The molecule has 10 rings (SSSR count). The van der Waals surface area contributed by atoms with Gasteiger partial charge in [-0.1, -0.05) is 170 Å². The van der Waals surface area contributed by atoms with Crippen molar-refractivity contribution in [3.8, 4) is 44.5 Å². The first-order valence-corrected chi connectivity index (χ1v) is 17.3. The predicted molar refractivity (Wildman–Crippen MR) is 216 cm³/mol. The Bertz CT molecular complexity index is 2910. The van der Waals surface area contributed by atoms with Crippen molar-refractivity contribution in [1.29, 1.82) is 0 Å². The minimum atomic E-state index is 1.23.